The maximum Gasteiger partial charge on any atom is 0.145 e. The molecule has 0 amide bonds. The Kier molecular flexibility index (Phi) is 4.76. The van der Waals surface area contributed by atoms with Crippen molar-refractivity contribution < 1.29 is 0 Å². The first-order valence-electron chi connectivity index (χ1n) is 6.95. The minimum absolute atomic E-state index is 0.0212. The fourth-order valence-corrected chi connectivity index (χ4v) is 4.09. The first-order chi connectivity index (χ1) is 11.7. The number of nitriles is 2. The molecule has 0 fully saturated rings. The number of allylic oxidation sites excluding steroid dienone is 1. The summed E-state index contributed by atoms with van der Waals surface area (Å²) in [5.41, 5.74) is 1.98. The third-order valence-electron chi connectivity index (χ3n) is 3.23. The quantitative estimate of drug-likeness (QED) is 0.551. The van der Waals surface area contributed by atoms with Crippen molar-refractivity contribution in [2.75, 3.05) is 5.32 Å². The Bertz CT molecular complexity index is 992. The van der Waals surface area contributed by atoms with E-state index >= 15 is 0 Å². The van der Waals surface area contributed by atoms with Gasteiger partial charge in [-0.05, 0) is 30.0 Å². The van der Waals surface area contributed by atoms with Crippen molar-refractivity contribution in [3.8, 4) is 12.1 Å². The standard InChI is InChI=1S/C17H11N5S2/c1-11-9-23-16-15(11)17(22-10-21-16)24-14-5-3-2-4-13(14)20-8-12(6-18)7-19/h2-5,8-10,20H,1H3. The monoisotopic (exact) mass is 349 g/mol. The van der Waals surface area contributed by atoms with Crippen LogP contribution in [0, 0.1) is 29.6 Å². The van der Waals surface area contributed by atoms with Crippen LogP contribution in [-0.4, -0.2) is 9.97 Å². The minimum atomic E-state index is 0.0212. The summed E-state index contributed by atoms with van der Waals surface area (Å²) in [4.78, 5) is 10.6. The van der Waals surface area contributed by atoms with Crippen LogP contribution in [0.3, 0.4) is 0 Å². The van der Waals surface area contributed by atoms with Crippen LogP contribution in [0.25, 0.3) is 10.2 Å². The van der Waals surface area contributed by atoms with Crippen molar-refractivity contribution in [3.63, 3.8) is 0 Å². The molecule has 2 aromatic heterocycles. The predicted molar refractivity (Wildman–Crippen MR) is 95.6 cm³/mol. The average Bonchev–Trinajstić information content (AvgIpc) is 2.99. The second kappa shape index (κ2) is 7.14. The van der Waals surface area contributed by atoms with Gasteiger partial charge in [0.2, 0.25) is 0 Å². The Hall–Kier alpha value is -2.87. The number of nitrogens with one attached hydrogen (secondary N) is 1. The topological polar surface area (TPSA) is 85.4 Å². The van der Waals surface area contributed by atoms with Crippen LogP contribution in [0.2, 0.25) is 0 Å². The van der Waals surface area contributed by atoms with Gasteiger partial charge in [0.05, 0.1) is 5.69 Å². The lowest BCUT2D eigenvalue weighted by atomic mass is 10.3. The summed E-state index contributed by atoms with van der Waals surface area (Å²) < 4.78 is 0. The molecule has 0 unspecified atom stereocenters. The van der Waals surface area contributed by atoms with Gasteiger partial charge < -0.3 is 5.32 Å². The Labute approximate surface area is 147 Å². The van der Waals surface area contributed by atoms with Gasteiger partial charge in [-0.2, -0.15) is 10.5 Å². The Morgan fingerprint density at radius 2 is 2.04 bits per heavy atom. The fraction of sp³-hybridized carbons (Fsp3) is 0.0588. The lowest BCUT2D eigenvalue weighted by Gasteiger charge is -2.09. The molecule has 2 heterocycles. The number of aromatic nitrogens is 2. The number of hydrogen-bond acceptors (Lipinski definition) is 7. The molecule has 24 heavy (non-hydrogen) atoms. The fourth-order valence-electron chi connectivity index (χ4n) is 2.08. The molecule has 0 aliphatic heterocycles. The number of para-hydroxylation sites is 1. The van der Waals surface area contributed by atoms with Gasteiger partial charge in [-0.25, -0.2) is 9.97 Å². The van der Waals surface area contributed by atoms with E-state index in [2.05, 4.69) is 20.7 Å². The summed E-state index contributed by atoms with van der Waals surface area (Å²) in [7, 11) is 0. The molecule has 116 valence electrons. The van der Waals surface area contributed by atoms with Crippen molar-refractivity contribution in [2.45, 2.75) is 16.8 Å². The number of nitrogens with zero attached hydrogens (tertiary/aromatic N) is 4. The highest BCUT2D eigenvalue weighted by atomic mass is 32.2. The summed E-state index contributed by atoms with van der Waals surface area (Å²) in [5, 5.41) is 24.7. The average molecular weight is 349 g/mol. The third-order valence-corrected chi connectivity index (χ3v) is 5.31. The van der Waals surface area contributed by atoms with E-state index in [1.54, 1.807) is 17.7 Å². The normalized spacial score (nSPS) is 9.96. The van der Waals surface area contributed by atoms with E-state index in [0.29, 0.717) is 0 Å². The van der Waals surface area contributed by atoms with Gasteiger partial charge in [0, 0.05) is 16.5 Å². The summed E-state index contributed by atoms with van der Waals surface area (Å²) in [5.74, 6) is 0. The third kappa shape index (κ3) is 3.23. The van der Waals surface area contributed by atoms with Crippen LogP contribution in [0.4, 0.5) is 5.69 Å². The number of aryl methyl sites for hydroxylation is 1. The Morgan fingerprint density at radius 1 is 1.25 bits per heavy atom. The summed E-state index contributed by atoms with van der Waals surface area (Å²) in [6, 6.07) is 11.4. The van der Waals surface area contributed by atoms with E-state index in [1.165, 1.54) is 18.0 Å². The van der Waals surface area contributed by atoms with Crippen LogP contribution in [0.5, 0.6) is 0 Å². The van der Waals surface area contributed by atoms with Crippen molar-refractivity contribution in [2.24, 2.45) is 0 Å². The van der Waals surface area contributed by atoms with Gasteiger partial charge in [0.15, 0.2) is 0 Å². The van der Waals surface area contributed by atoms with Crippen LogP contribution in [0.15, 0.2) is 57.7 Å². The number of benzene rings is 1. The first kappa shape index (κ1) is 16.0. The van der Waals surface area contributed by atoms with Crippen LogP contribution < -0.4 is 5.32 Å². The van der Waals surface area contributed by atoms with Crippen LogP contribution in [0.1, 0.15) is 5.56 Å². The van der Waals surface area contributed by atoms with Crippen molar-refractivity contribution in [1.29, 1.82) is 10.5 Å². The Balaban J connectivity index is 1.96. The van der Waals surface area contributed by atoms with Gasteiger partial charge >= 0.3 is 0 Å². The van der Waals surface area contributed by atoms with Crippen LogP contribution in [-0.2, 0) is 0 Å². The Morgan fingerprint density at radius 3 is 2.83 bits per heavy atom. The van der Waals surface area contributed by atoms with Gasteiger partial charge in [0.1, 0.15) is 33.9 Å². The minimum Gasteiger partial charge on any atom is -0.359 e. The molecule has 0 aliphatic carbocycles. The molecule has 1 N–H and O–H groups in total. The highest BCUT2D eigenvalue weighted by Gasteiger charge is 2.12. The molecule has 0 atom stereocenters. The van der Waals surface area contributed by atoms with Gasteiger partial charge in [-0.15, -0.1) is 11.3 Å². The largest absolute Gasteiger partial charge is 0.359 e. The molecule has 0 bridgehead atoms. The molecule has 5 nitrogen and oxygen atoms in total. The number of thiophene rings is 1. The molecule has 0 spiro atoms. The van der Waals surface area contributed by atoms with E-state index in [4.69, 9.17) is 10.5 Å². The smallest absolute Gasteiger partial charge is 0.145 e. The molecule has 7 heteroatoms. The highest BCUT2D eigenvalue weighted by Crippen LogP contribution is 2.38. The zero-order chi connectivity index (χ0) is 16.9. The van der Waals surface area contributed by atoms with E-state index in [-0.39, 0.29) is 5.57 Å². The summed E-state index contributed by atoms with van der Waals surface area (Å²) in [6.45, 7) is 2.05. The molecule has 3 rings (SSSR count). The molecular formula is C17H11N5S2. The van der Waals surface area contributed by atoms with E-state index in [1.807, 2.05) is 43.3 Å². The van der Waals surface area contributed by atoms with Gasteiger partial charge in [0.25, 0.3) is 0 Å². The molecule has 1 aromatic carbocycles. The number of hydrogen-bond donors (Lipinski definition) is 1. The molecular weight excluding hydrogens is 338 g/mol. The SMILES string of the molecule is Cc1csc2ncnc(Sc3ccccc3NC=C(C#N)C#N)c12. The lowest BCUT2D eigenvalue weighted by molar-refractivity contribution is 1.10. The zero-order valence-electron chi connectivity index (χ0n) is 12.6. The molecule has 0 aliphatic rings. The molecule has 0 saturated heterocycles. The molecule has 0 radical (unpaired) electrons. The van der Waals surface area contributed by atoms with Crippen molar-refractivity contribution in [3.05, 3.63) is 53.3 Å². The zero-order valence-corrected chi connectivity index (χ0v) is 14.3. The second-order valence-electron chi connectivity index (χ2n) is 4.80. The van der Waals surface area contributed by atoms with Crippen molar-refractivity contribution in [1.82, 2.24) is 9.97 Å². The molecule has 0 saturated carbocycles. The van der Waals surface area contributed by atoms with Crippen LogP contribution >= 0.6 is 23.1 Å². The predicted octanol–water partition coefficient (Wildman–Crippen LogP) is 4.49. The highest BCUT2D eigenvalue weighted by molar-refractivity contribution is 7.99. The maximum absolute atomic E-state index is 8.83. The maximum atomic E-state index is 8.83. The molecule has 3 aromatic rings. The number of fused-ring (bicyclic) bond motifs is 1. The van der Waals surface area contributed by atoms with E-state index in [9.17, 15) is 0 Å². The lowest BCUT2D eigenvalue weighted by Crippen LogP contribution is -1.93. The van der Waals surface area contributed by atoms with Gasteiger partial charge in [-0.3, -0.25) is 0 Å². The summed E-state index contributed by atoms with van der Waals surface area (Å²) in [6.07, 6.45) is 2.98. The van der Waals surface area contributed by atoms with Crippen molar-refractivity contribution >= 4 is 39.0 Å². The number of rotatable bonds is 4. The second-order valence-corrected chi connectivity index (χ2v) is 6.69. The first-order valence-corrected chi connectivity index (χ1v) is 8.65. The van der Waals surface area contributed by atoms with E-state index < -0.39 is 0 Å². The van der Waals surface area contributed by atoms with Gasteiger partial charge in [-0.1, -0.05) is 23.9 Å². The number of anilines is 1. The summed E-state index contributed by atoms with van der Waals surface area (Å²) >= 11 is 3.13. The van der Waals surface area contributed by atoms with E-state index in [0.717, 1.165) is 31.4 Å².